The van der Waals surface area contributed by atoms with Crippen LogP contribution in [0.1, 0.15) is 37.1 Å². The van der Waals surface area contributed by atoms with E-state index in [1.165, 1.54) is 12.1 Å². The van der Waals surface area contributed by atoms with Gasteiger partial charge < -0.3 is 10.2 Å². The Labute approximate surface area is 188 Å². The van der Waals surface area contributed by atoms with Gasteiger partial charge >= 0.3 is 0 Å². The maximum atomic E-state index is 13.3. The molecule has 3 rings (SSSR count). The predicted molar refractivity (Wildman–Crippen MR) is 123 cm³/mol. The number of carbonyl (C=O) groups excluding carboxylic acids is 2. The van der Waals surface area contributed by atoms with Crippen LogP contribution in [-0.2, 0) is 29.1 Å². The van der Waals surface area contributed by atoms with E-state index in [0.29, 0.717) is 19.5 Å². The minimum absolute atomic E-state index is 0.0129. The number of carbonyl (C=O) groups is 2. The van der Waals surface area contributed by atoms with Crippen molar-refractivity contribution in [2.75, 3.05) is 4.90 Å². The average molecular weight is 434 g/mol. The van der Waals surface area contributed by atoms with Crippen LogP contribution in [0, 0.1) is 11.7 Å². The second-order valence-electron chi connectivity index (χ2n) is 8.15. The largest absolute Gasteiger partial charge is 0.350 e. The molecule has 6 heteroatoms. The summed E-state index contributed by atoms with van der Waals surface area (Å²) in [4.78, 5) is 31.3. The maximum Gasteiger partial charge on any atom is 0.227 e. The van der Waals surface area contributed by atoms with Crippen molar-refractivity contribution in [1.29, 1.82) is 0 Å². The summed E-state index contributed by atoms with van der Waals surface area (Å²) in [5, 5.41) is 2.87. The molecule has 1 aromatic heterocycles. The highest BCUT2D eigenvalue weighted by Gasteiger charge is 2.18. The highest BCUT2D eigenvalue weighted by Crippen LogP contribution is 2.22. The molecular weight excluding hydrogens is 405 g/mol. The summed E-state index contributed by atoms with van der Waals surface area (Å²) in [6.07, 6.45) is 2.29. The van der Waals surface area contributed by atoms with Gasteiger partial charge in [0.15, 0.2) is 0 Å². The molecule has 0 radical (unpaired) electrons. The molecule has 0 aliphatic carbocycles. The standard InChI is InChI=1S/C26H28FN3O2/c1-19(2)14-26(32)30(18-20-9-11-22(27)12-10-20)24-8-5-6-21(15-24)16-25(31)29-17-23-7-3-4-13-28-23/h3-13,15,19H,14,16-18H2,1-2H3,(H,29,31). The highest BCUT2D eigenvalue weighted by atomic mass is 19.1. The van der Waals surface area contributed by atoms with Crippen molar-refractivity contribution in [3.05, 3.63) is 95.6 Å². The minimum atomic E-state index is -0.312. The first-order chi connectivity index (χ1) is 15.4. The summed E-state index contributed by atoms with van der Waals surface area (Å²) in [6.45, 7) is 4.69. The molecule has 0 spiro atoms. The number of anilines is 1. The second kappa shape index (κ2) is 11.2. The Bertz CT molecular complexity index is 1040. The summed E-state index contributed by atoms with van der Waals surface area (Å²) < 4.78 is 13.3. The van der Waals surface area contributed by atoms with Gasteiger partial charge in [-0.15, -0.1) is 0 Å². The molecule has 0 aliphatic heterocycles. The van der Waals surface area contributed by atoms with E-state index in [4.69, 9.17) is 0 Å². The van der Waals surface area contributed by atoms with Gasteiger partial charge in [0.2, 0.25) is 11.8 Å². The molecule has 0 bridgehead atoms. The van der Waals surface area contributed by atoms with E-state index in [0.717, 1.165) is 22.5 Å². The number of aromatic nitrogens is 1. The van der Waals surface area contributed by atoms with Crippen molar-refractivity contribution >= 4 is 17.5 Å². The molecule has 0 fully saturated rings. The second-order valence-corrected chi connectivity index (χ2v) is 8.15. The fourth-order valence-corrected chi connectivity index (χ4v) is 3.33. The third-order valence-corrected chi connectivity index (χ3v) is 4.92. The normalized spacial score (nSPS) is 10.8. The van der Waals surface area contributed by atoms with Crippen LogP contribution in [0.2, 0.25) is 0 Å². The van der Waals surface area contributed by atoms with Gasteiger partial charge in [-0.2, -0.15) is 0 Å². The number of rotatable bonds is 9. The monoisotopic (exact) mass is 433 g/mol. The van der Waals surface area contributed by atoms with E-state index >= 15 is 0 Å². The lowest BCUT2D eigenvalue weighted by atomic mass is 10.1. The Hall–Kier alpha value is -3.54. The Morgan fingerprint density at radius 3 is 2.47 bits per heavy atom. The van der Waals surface area contributed by atoms with E-state index in [1.807, 2.05) is 56.3 Å². The number of hydrogen-bond acceptors (Lipinski definition) is 3. The molecule has 0 unspecified atom stereocenters. The van der Waals surface area contributed by atoms with Crippen LogP contribution in [-0.4, -0.2) is 16.8 Å². The van der Waals surface area contributed by atoms with Crippen LogP contribution in [0.3, 0.4) is 0 Å². The van der Waals surface area contributed by atoms with Crippen LogP contribution in [0.25, 0.3) is 0 Å². The van der Waals surface area contributed by atoms with Gasteiger partial charge in [0.25, 0.3) is 0 Å². The zero-order valence-electron chi connectivity index (χ0n) is 18.4. The van der Waals surface area contributed by atoms with Gasteiger partial charge in [-0.1, -0.05) is 44.2 Å². The smallest absolute Gasteiger partial charge is 0.227 e. The summed E-state index contributed by atoms with van der Waals surface area (Å²) in [5.74, 6) is -0.237. The lowest BCUT2D eigenvalue weighted by Crippen LogP contribution is -2.31. The first-order valence-corrected chi connectivity index (χ1v) is 10.7. The van der Waals surface area contributed by atoms with Crippen molar-refractivity contribution in [2.45, 2.75) is 39.8 Å². The number of benzene rings is 2. The molecule has 0 saturated heterocycles. The van der Waals surface area contributed by atoms with Crippen LogP contribution >= 0.6 is 0 Å². The highest BCUT2D eigenvalue weighted by molar-refractivity contribution is 5.93. The quantitative estimate of drug-likeness (QED) is 0.534. The molecular formula is C26H28FN3O2. The number of nitrogens with one attached hydrogen (secondary N) is 1. The van der Waals surface area contributed by atoms with Gasteiger partial charge in [0.1, 0.15) is 5.82 Å². The predicted octanol–water partition coefficient (Wildman–Crippen LogP) is 4.66. The summed E-state index contributed by atoms with van der Waals surface area (Å²) >= 11 is 0. The molecule has 0 atom stereocenters. The van der Waals surface area contributed by atoms with Crippen molar-refractivity contribution < 1.29 is 14.0 Å². The van der Waals surface area contributed by atoms with Crippen molar-refractivity contribution in [3.63, 3.8) is 0 Å². The summed E-state index contributed by atoms with van der Waals surface area (Å²) in [7, 11) is 0. The Kier molecular flexibility index (Phi) is 8.08. The third-order valence-electron chi connectivity index (χ3n) is 4.92. The Morgan fingerprint density at radius 1 is 1.00 bits per heavy atom. The van der Waals surface area contributed by atoms with Crippen molar-refractivity contribution in [1.82, 2.24) is 10.3 Å². The zero-order chi connectivity index (χ0) is 22.9. The number of amides is 2. The number of hydrogen-bond donors (Lipinski definition) is 1. The number of halogens is 1. The first-order valence-electron chi connectivity index (χ1n) is 10.7. The number of nitrogens with zero attached hydrogens (tertiary/aromatic N) is 2. The summed E-state index contributed by atoms with van der Waals surface area (Å²) in [5.41, 5.74) is 3.15. The zero-order valence-corrected chi connectivity index (χ0v) is 18.4. The third kappa shape index (κ3) is 7.01. The van der Waals surface area contributed by atoms with Crippen LogP contribution in [0.5, 0.6) is 0 Å². The van der Waals surface area contributed by atoms with Gasteiger partial charge in [-0.3, -0.25) is 14.6 Å². The van der Waals surface area contributed by atoms with Gasteiger partial charge in [0, 0.05) is 18.3 Å². The maximum absolute atomic E-state index is 13.3. The Morgan fingerprint density at radius 2 is 1.78 bits per heavy atom. The van der Waals surface area contributed by atoms with Gasteiger partial charge in [0.05, 0.1) is 25.2 Å². The molecule has 5 nitrogen and oxygen atoms in total. The molecule has 32 heavy (non-hydrogen) atoms. The van der Waals surface area contributed by atoms with Crippen LogP contribution in [0.4, 0.5) is 10.1 Å². The number of pyridine rings is 1. The molecule has 2 aromatic carbocycles. The van der Waals surface area contributed by atoms with Gasteiger partial charge in [-0.05, 0) is 53.4 Å². The van der Waals surface area contributed by atoms with E-state index in [-0.39, 0.29) is 30.0 Å². The molecule has 0 aliphatic rings. The SMILES string of the molecule is CC(C)CC(=O)N(Cc1ccc(F)cc1)c1cccc(CC(=O)NCc2ccccn2)c1. The average Bonchev–Trinajstić information content (AvgIpc) is 2.77. The molecule has 166 valence electrons. The molecule has 1 N–H and O–H groups in total. The molecule has 2 amide bonds. The van der Waals surface area contributed by atoms with Crippen molar-refractivity contribution in [3.8, 4) is 0 Å². The van der Waals surface area contributed by atoms with Gasteiger partial charge in [-0.25, -0.2) is 4.39 Å². The lowest BCUT2D eigenvalue weighted by molar-refractivity contribution is -0.121. The van der Waals surface area contributed by atoms with E-state index in [1.54, 1.807) is 23.2 Å². The van der Waals surface area contributed by atoms with Crippen LogP contribution in [0.15, 0.2) is 72.9 Å². The minimum Gasteiger partial charge on any atom is -0.350 e. The fourth-order valence-electron chi connectivity index (χ4n) is 3.33. The molecule has 1 heterocycles. The first kappa shape index (κ1) is 23.1. The van der Waals surface area contributed by atoms with E-state index < -0.39 is 0 Å². The Balaban J connectivity index is 1.73. The lowest BCUT2D eigenvalue weighted by Gasteiger charge is -2.24. The summed E-state index contributed by atoms with van der Waals surface area (Å²) in [6, 6.07) is 19.1. The van der Waals surface area contributed by atoms with E-state index in [2.05, 4.69) is 10.3 Å². The van der Waals surface area contributed by atoms with Crippen molar-refractivity contribution in [2.24, 2.45) is 5.92 Å². The molecule has 0 saturated carbocycles. The topological polar surface area (TPSA) is 62.3 Å². The van der Waals surface area contributed by atoms with E-state index in [9.17, 15) is 14.0 Å². The van der Waals surface area contributed by atoms with Crippen LogP contribution < -0.4 is 10.2 Å². The molecule has 3 aromatic rings. The fraction of sp³-hybridized carbons (Fsp3) is 0.269.